The van der Waals surface area contributed by atoms with Crippen LogP contribution >= 0.6 is 11.8 Å². The van der Waals surface area contributed by atoms with Crippen LogP contribution in [0.15, 0.2) is 30.3 Å². The maximum absolute atomic E-state index is 11.9. The van der Waals surface area contributed by atoms with Crippen molar-refractivity contribution in [3.05, 3.63) is 35.9 Å². The molecule has 1 saturated carbocycles. The Labute approximate surface area is 114 Å². The molecular formula is C16H22OS. The molecule has 0 aliphatic heterocycles. The molecule has 1 aromatic carbocycles. The zero-order valence-corrected chi connectivity index (χ0v) is 11.8. The van der Waals surface area contributed by atoms with E-state index in [4.69, 9.17) is 0 Å². The van der Waals surface area contributed by atoms with Crippen molar-refractivity contribution in [3.8, 4) is 0 Å². The molecule has 18 heavy (non-hydrogen) atoms. The number of hydrogen-bond donors (Lipinski definition) is 0. The summed E-state index contributed by atoms with van der Waals surface area (Å²) in [6.07, 6.45) is 7.42. The van der Waals surface area contributed by atoms with Crippen LogP contribution < -0.4 is 0 Å². The molecule has 98 valence electrons. The van der Waals surface area contributed by atoms with Gasteiger partial charge in [0.1, 0.15) is 0 Å². The van der Waals surface area contributed by atoms with E-state index in [-0.39, 0.29) is 5.78 Å². The average Bonchev–Trinajstić information content (AvgIpc) is 2.92. The maximum atomic E-state index is 11.9. The van der Waals surface area contributed by atoms with E-state index in [0.717, 1.165) is 23.7 Å². The van der Waals surface area contributed by atoms with Gasteiger partial charge in [0.2, 0.25) is 0 Å². The highest BCUT2D eigenvalue weighted by atomic mass is 32.2. The Hall–Kier alpha value is -0.760. The summed E-state index contributed by atoms with van der Waals surface area (Å²) in [7, 11) is 0. The number of ketones is 1. The van der Waals surface area contributed by atoms with E-state index >= 15 is 0 Å². The van der Waals surface area contributed by atoms with Gasteiger partial charge in [0.25, 0.3) is 0 Å². The van der Waals surface area contributed by atoms with Crippen LogP contribution in [0.2, 0.25) is 0 Å². The number of Topliss-reactive ketones (excluding diaryl/α,β-unsaturated/α-hetero) is 1. The molecule has 0 radical (unpaired) electrons. The van der Waals surface area contributed by atoms with Crippen LogP contribution in [-0.2, 0) is 0 Å². The second-order valence-corrected chi connectivity index (χ2v) is 6.27. The Morgan fingerprint density at radius 3 is 2.61 bits per heavy atom. The van der Waals surface area contributed by atoms with Gasteiger partial charge in [0, 0.05) is 12.0 Å². The van der Waals surface area contributed by atoms with Crippen molar-refractivity contribution in [2.24, 2.45) is 5.92 Å². The van der Waals surface area contributed by atoms with E-state index < -0.39 is 0 Å². The number of rotatable bonds is 7. The molecular weight excluding hydrogens is 240 g/mol. The zero-order chi connectivity index (χ0) is 12.6. The van der Waals surface area contributed by atoms with Crippen molar-refractivity contribution in [2.45, 2.75) is 38.5 Å². The molecule has 1 aliphatic carbocycles. The predicted octanol–water partition coefficient (Wildman–Crippen LogP) is 4.57. The van der Waals surface area contributed by atoms with Gasteiger partial charge >= 0.3 is 0 Å². The minimum absolute atomic E-state index is 0.289. The molecule has 0 amide bonds. The van der Waals surface area contributed by atoms with Crippen LogP contribution in [0, 0.1) is 5.92 Å². The van der Waals surface area contributed by atoms with Crippen LogP contribution in [0.25, 0.3) is 0 Å². The lowest BCUT2D eigenvalue weighted by Gasteiger charge is -2.07. The monoisotopic (exact) mass is 262 g/mol. The third kappa shape index (κ3) is 4.49. The Balaban J connectivity index is 1.56. The zero-order valence-electron chi connectivity index (χ0n) is 10.9. The highest BCUT2D eigenvalue weighted by Gasteiger charge is 2.14. The topological polar surface area (TPSA) is 17.1 Å². The Morgan fingerprint density at radius 1 is 1.17 bits per heavy atom. The van der Waals surface area contributed by atoms with Crippen molar-refractivity contribution < 1.29 is 4.79 Å². The fourth-order valence-electron chi connectivity index (χ4n) is 2.53. The molecule has 2 heteroatoms. The quantitative estimate of drug-likeness (QED) is 0.529. The van der Waals surface area contributed by atoms with Crippen LogP contribution in [-0.4, -0.2) is 17.3 Å². The van der Waals surface area contributed by atoms with Gasteiger partial charge in [-0.2, -0.15) is 11.8 Å². The largest absolute Gasteiger partial charge is 0.294 e. The average molecular weight is 262 g/mol. The third-order valence-electron chi connectivity index (χ3n) is 3.62. The Bertz CT molecular complexity index is 355. The Kier molecular flexibility index (Phi) is 5.79. The van der Waals surface area contributed by atoms with Crippen LogP contribution in [0.4, 0.5) is 0 Å². The lowest BCUT2D eigenvalue weighted by molar-refractivity contribution is 0.0982. The summed E-state index contributed by atoms with van der Waals surface area (Å²) >= 11 is 2.04. The molecule has 1 fully saturated rings. The second-order valence-electron chi connectivity index (χ2n) is 5.12. The first-order chi connectivity index (χ1) is 8.86. The van der Waals surface area contributed by atoms with E-state index in [1.54, 1.807) is 0 Å². The van der Waals surface area contributed by atoms with Crippen LogP contribution in [0.5, 0.6) is 0 Å². The standard InChI is InChI=1S/C16H22OS/c17-16(15-9-2-1-3-10-15)11-6-12-18-13-14-7-4-5-8-14/h1-3,9-10,14H,4-8,11-13H2. The lowest BCUT2D eigenvalue weighted by atomic mass is 10.1. The molecule has 0 spiro atoms. The molecule has 0 heterocycles. The first-order valence-corrected chi connectivity index (χ1v) is 8.18. The number of benzene rings is 1. The first-order valence-electron chi connectivity index (χ1n) is 7.02. The van der Waals surface area contributed by atoms with Crippen molar-refractivity contribution in [1.82, 2.24) is 0 Å². The number of carbonyl (C=O) groups is 1. The minimum atomic E-state index is 0.289. The SMILES string of the molecule is O=C(CCCSCC1CCCC1)c1ccccc1. The normalized spacial score (nSPS) is 16.0. The van der Waals surface area contributed by atoms with Crippen LogP contribution in [0.1, 0.15) is 48.9 Å². The third-order valence-corrected chi connectivity index (χ3v) is 4.90. The minimum Gasteiger partial charge on any atom is -0.294 e. The highest BCUT2D eigenvalue weighted by Crippen LogP contribution is 2.28. The molecule has 0 saturated heterocycles. The summed E-state index contributed by atoms with van der Waals surface area (Å²) in [5.41, 5.74) is 0.860. The van der Waals surface area contributed by atoms with Gasteiger partial charge in [-0.25, -0.2) is 0 Å². The molecule has 0 N–H and O–H groups in total. The van der Waals surface area contributed by atoms with Gasteiger partial charge in [0.15, 0.2) is 5.78 Å². The molecule has 1 nitrogen and oxygen atoms in total. The fraction of sp³-hybridized carbons (Fsp3) is 0.562. The van der Waals surface area contributed by atoms with E-state index in [2.05, 4.69) is 0 Å². The van der Waals surface area contributed by atoms with E-state index in [0.29, 0.717) is 6.42 Å². The van der Waals surface area contributed by atoms with Crippen LogP contribution in [0.3, 0.4) is 0 Å². The summed E-state index contributed by atoms with van der Waals surface area (Å²) < 4.78 is 0. The first kappa shape index (κ1) is 13.7. The molecule has 0 bridgehead atoms. The van der Waals surface area contributed by atoms with E-state index in [9.17, 15) is 4.79 Å². The smallest absolute Gasteiger partial charge is 0.162 e. The molecule has 0 unspecified atom stereocenters. The molecule has 2 rings (SSSR count). The molecule has 1 aliphatic rings. The van der Waals surface area contributed by atoms with Gasteiger partial charge in [-0.15, -0.1) is 0 Å². The molecule has 0 aromatic heterocycles. The summed E-state index contributed by atoms with van der Waals surface area (Å²) in [5, 5.41) is 0. The van der Waals surface area contributed by atoms with Crippen molar-refractivity contribution in [2.75, 3.05) is 11.5 Å². The van der Waals surface area contributed by atoms with Gasteiger partial charge in [0.05, 0.1) is 0 Å². The van der Waals surface area contributed by atoms with Gasteiger partial charge < -0.3 is 0 Å². The summed E-state index contributed by atoms with van der Waals surface area (Å²) in [4.78, 5) is 11.9. The summed E-state index contributed by atoms with van der Waals surface area (Å²) in [6, 6.07) is 9.64. The van der Waals surface area contributed by atoms with Gasteiger partial charge in [-0.05, 0) is 36.7 Å². The van der Waals surface area contributed by atoms with Crippen molar-refractivity contribution in [1.29, 1.82) is 0 Å². The number of thioether (sulfide) groups is 1. The number of hydrogen-bond acceptors (Lipinski definition) is 2. The Morgan fingerprint density at radius 2 is 1.89 bits per heavy atom. The number of carbonyl (C=O) groups excluding carboxylic acids is 1. The second kappa shape index (κ2) is 7.63. The highest BCUT2D eigenvalue weighted by molar-refractivity contribution is 7.99. The van der Waals surface area contributed by atoms with Crippen molar-refractivity contribution in [3.63, 3.8) is 0 Å². The van der Waals surface area contributed by atoms with Gasteiger partial charge in [-0.1, -0.05) is 43.2 Å². The summed E-state index contributed by atoms with van der Waals surface area (Å²) in [5.74, 6) is 3.69. The predicted molar refractivity (Wildman–Crippen MR) is 79.3 cm³/mol. The summed E-state index contributed by atoms with van der Waals surface area (Å²) in [6.45, 7) is 0. The van der Waals surface area contributed by atoms with Crippen molar-refractivity contribution >= 4 is 17.5 Å². The van der Waals surface area contributed by atoms with Gasteiger partial charge in [-0.3, -0.25) is 4.79 Å². The fourth-order valence-corrected chi connectivity index (χ4v) is 3.71. The van der Waals surface area contributed by atoms with E-state index in [1.165, 1.54) is 31.4 Å². The van der Waals surface area contributed by atoms with E-state index in [1.807, 2.05) is 42.1 Å². The molecule has 0 atom stereocenters. The maximum Gasteiger partial charge on any atom is 0.162 e. The molecule has 1 aromatic rings. The lowest BCUT2D eigenvalue weighted by Crippen LogP contribution is -2.01.